The Morgan fingerprint density at radius 2 is 1.76 bits per heavy atom. The van der Waals surface area contributed by atoms with Crippen LogP contribution in [0.1, 0.15) is 32.0 Å². The van der Waals surface area contributed by atoms with E-state index in [0.717, 1.165) is 0 Å². The maximum atomic E-state index is 13.1. The van der Waals surface area contributed by atoms with Crippen LogP contribution in [0.3, 0.4) is 0 Å². The summed E-state index contributed by atoms with van der Waals surface area (Å²) in [5.74, 6) is 0.271. The van der Waals surface area contributed by atoms with Crippen LogP contribution in [0, 0.1) is 6.92 Å². The van der Waals surface area contributed by atoms with Crippen LogP contribution in [0.4, 0.5) is 0 Å². The van der Waals surface area contributed by atoms with Gasteiger partial charge in [0.1, 0.15) is 22.9 Å². The minimum atomic E-state index is -4.03. The van der Waals surface area contributed by atoms with Crippen molar-refractivity contribution in [2.45, 2.75) is 43.0 Å². The Hall–Kier alpha value is -3.07. The molecule has 1 aromatic heterocycles. The molecule has 0 amide bonds. The zero-order chi connectivity index (χ0) is 21.6. The highest BCUT2D eigenvalue weighted by Crippen LogP contribution is 2.34. The van der Waals surface area contributed by atoms with Gasteiger partial charge < -0.3 is 14.9 Å². The van der Waals surface area contributed by atoms with Gasteiger partial charge >= 0.3 is 0 Å². The first-order valence-corrected chi connectivity index (χ1v) is 10.3. The van der Waals surface area contributed by atoms with Crippen LogP contribution in [0.25, 0.3) is 5.69 Å². The molecule has 0 saturated carbocycles. The third kappa shape index (κ3) is 3.65. The lowest BCUT2D eigenvalue weighted by molar-refractivity contribution is 0.408. The van der Waals surface area contributed by atoms with Gasteiger partial charge in [-0.1, -0.05) is 32.1 Å². The van der Waals surface area contributed by atoms with Crippen LogP contribution in [-0.4, -0.2) is 40.7 Å². The normalized spacial score (nSPS) is 12.2. The molecule has 0 aliphatic carbocycles. The van der Waals surface area contributed by atoms with Crippen LogP contribution in [-0.2, 0) is 15.3 Å². The number of hydrogen-bond acceptors (Lipinski definition) is 7. The number of phenolic OH excluding ortho intramolecular Hbond substituents is 2. The Morgan fingerprint density at radius 1 is 1.07 bits per heavy atom. The van der Waals surface area contributed by atoms with Crippen molar-refractivity contribution < 1.29 is 23.4 Å². The molecule has 0 unspecified atom stereocenters. The van der Waals surface area contributed by atoms with Crippen molar-refractivity contribution in [2.24, 2.45) is 0 Å². The summed E-state index contributed by atoms with van der Waals surface area (Å²) in [6.07, 6.45) is 0. The Balaban J connectivity index is 2.11. The molecule has 0 spiro atoms. The van der Waals surface area contributed by atoms with Gasteiger partial charge in [-0.15, -0.1) is 5.10 Å². The minimum absolute atomic E-state index is 0.0252. The predicted octanol–water partition coefficient (Wildman–Crippen LogP) is 3.13. The SMILES string of the molecule is COc1ccc(O)cc1-n1nnc(S(=O)(=O)c2ccc(C(C)(C)C)c(O)c2)c1C. The molecule has 0 aliphatic heterocycles. The second kappa shape index (κ2) is 7.07. The Labute approximate surface area is 169 Å². The maximum Gasteiger partial charge on any atom is 0.227 e. The predicted molar refractivity (Wildman–Crippen MR) is 107 cm³/mol. The molecule has 29 heavy (non-hydrogen) atoms. The standard InChI is InChI=1S/C20H23N3O5S/c1-12-19(21-22-23(12)16-10-13(24)6-9-18(16)28-5)29(26,27)14-7-8-15(17(25)11-14)20(2,3)4/h6-11,24-25H,1-5H3. The van der Waals surface area contributed by atoms with Crippen molar-refractivity contribution in [3.63, 3.8) is 0 Å². The number of ether oxygens (including phenoxy) is 1. The summed E-state index contributed by atoms with van der Waals surface area (Å²) in [5, 5.41) is 27.7. The van der Waals surface area contributed by atoms with Gasteiger partial charge in [0.15, 0.2) is 0 Å². The van der Waals surface area contributed by atoms with Crippen molar-refractivity contribution in [2.75, 3.05) is 7.11 Å². The fourth-order valence-corrected chi connectivity index (χ4v) is 4.42. The number of rotatable bonds is 4. The Kier molecular flexibility index (Phi) is 5.04. The van der Waals surface area contributed by atoms with Gasteiger partial charge in [-0.25, -0.2) is 13.1 Å². The van der Waals surface area contributed by atoms with Crippen LogP contribution in [0.2, 0.25) is 0 Å². The van der Waals surface area contributed by atoms with Crippen molar-refractivity contribution >= 4 is 9.84 Å². The van der Waals surface area contributed by atoms with Gasteiger partial charge in [0.2, 0.25) is 14.9 Å². The summed E-state index contributed by atoms with van der Waals surface area (Å²) in [7, 11) is -2.57. The largest absolute Gasteiger partial charge is 0.508 e. The van der Waals surface area contributed by atoms with E-state index in [1.54, 1.807) is 19.1 Å². The first-order chi connectivity index (χ1) is 13.5. The molecule has 9 heteroatoms. The molecule has 0 aliphatic rings. The van der Waals surface area contributed by atoms with Gasteiger partial charge in [0.05, 0.1) is 17.7 Å². The van der Waals surface area contributed by atoms with Gasteiger partial charge in [-0.2, -0.15) is 0 Å². The monoisotopic (exact) mass is 417 g/mol. The first-order valence-electron chi connectivity index (χ1n) is 8.85. The molecule has 3 rings (SSSR count). The van der Waals surface area contributed by atoms with Crippen LogP contribution >= 0.6 is 0 Å². The number of hydrogen-bond donors (Lipinski definition) is 2. The Bertz CT molecular complexity index is 1180. The van der Waals surface area contributed by atoms with Gasteiger partial charge in [0, 0.05) is 6.07 Å². The highest BCUT2D eigenvalue weighted by molar-refractivity contribution is 7.91. The zero-order valence-corrected chi connectivity index (χ0v) is 17.6. The fraction of sp³-hybridized carbons (Fsp3) is 0.300. The number of methoxy groups -OCH3 is 1. The fourth-order valence-electron chi connectivity index (χ4n) is 3.06. The van der Waals surface area contributed by atoms with Crippen LogP contribution in [0.15, 0.2) is 46.3 Å². The van der Waals surface area contributed by atoms with Crippen molar-refractivity contribution in [3.05, 3.63) is 47.7 Å². The molecule has 8 nitrogen and oxygen atoms in total. The van der Waals surface area contributed by atoms with Crippen molar-refractivity contribution in [1.29, 1.82) is 0 Å². The van der Waals surface area contributed by atoms with E-state index in [-0.39, 0.29) is 32.5 Å². The second-order valence-electron chi connectivity index (χ2n) is 7.68. The van der Waals surface area contributed by atoms with Gasteiger partial charge in [-0.05, 0) is 42.2 Å². The van der Waals surface area contributed by atoms with Crippen LogP contribution < -0.4 is 4.74 Å². The van der Waals surface area contributed by atoms with E-state index >= 15 is 0 Å². The minimum Gasteiger partial charge on any atom is -0.508 e. The molecule has 2 N–H and O–H groups in total. The molecule has 0 radical (unpaired) electrons. The van der Waals surface area contributed by atoms with E-state index < -0.39 is 9.84 Å². The maximum absolute atomic E-state index is 13.1. The molecular formula is C20H23N3O5S. The zero-order valence-electron chi connectivity index (χ0n) is 16.8. The smallest absolute Gasteiger partial charge is 0.227 e. The lowest BCUT2D eigenvalue weighted by Gasteiger charge is -2.20. The highest BCUT2D eigenvalue weighted by atomic mass is 32.2. The van der Waals surface area contributed by atoms with E-state index in [1.165, 1.54) is 36.1 Å². The summed E-state index contributed by atoms with van der Waals surface area (Å²) in [6.45, 7) is 7.33. The lowest BCUT2D eigenvalue weighted by atomic mass is 9.86. The number of nitrogens with zero attached hydrogens (tertiary/aromatic N) is 3. The van der Waals surface area contributed by atoms with Gasteiger partial charge in [-0.3, -0.25) is 0 Å². The quantitative estimate of drug-likeness (QED) is 0.670. The summed E-state index contributed by atoms with van der Waals surface area (Å²) in [4.78, 5) is -0.0824. The lowest BCUT2D eigenvalue weighted by Crippen LogP contribution is -2.12. The average Bonchev–Trinajstić information content (AvgIpc) is 3.02. The summed E-state index contributed by atoms with van der Waals surface area (Å²) >= 11 is 0. The Morgan fingerprint density at radius 3 is 2.34 bits per heavy atom. The topological polar surface area (TPSA) is 115 Å². The molecule has 0 atom stereocenters. The molecule has 2 aromatic carbocycles. The number of aromatic hydroxyl groups is 2. The third-order valence-electron chi connectivity index (χ3n) is 4.58. The second-order valence-corrected chi connectivity index (χ2v) is 9.55. The third-order valence-corrected chi connectivity index (χ3v) is 6.35. The number of phenols is 2. The number of aromatic nitrogens is 3. The van der Waals surface area contributed by atoms with E-state index in [4.69, 9.17) is 4.74 Å². The first kappa shape index (κ1) is 20.7. The molecule has 3 aromatic rings. The summed E-state index contributed by atoms with van der Waals surface area (Å²) < 4.78 is 32.8. The highest BCUT2D eigenvalue weighted by Gasteiger charge is 2.28. The van der Waals surface area contributed by atoms with Crippen molar-refractivity contribution in [1.82, 2.24) is 15.0 Å². The molecule has 0 bridgehead atoms. The van der Waals surface area contributed by atoms with Crippen molar-refractivity contribution in [3.8, 4) is 22.9 Å². The molecule has 154 valence electrons. The van der Waals surface area contributed by atoms with E-state index in [9.17, 15) is 18.6 Å². The van der Waals surface area contributed by atoms with Crippen LogP contribution in [0.5, 0.6) is 17.2 Å². The number of benzene rings is 2. The van der Waals surface area contributed by atoms with E-state index in [2.05, 4.69) is 10.3 Å². The number of sulfone groups is 1. The molecule has 1 heterocycles. The molecule has 0 saturated heterocycles. The van der Waals surface area contributed by atoms with Gasteiger partial charge in [0.25, 0.3) is 0 Å². The summed E-state index contributed by atoms with van der Waals surface area (Å²) in [6, 6.07) is 8.67. The molecule has 0 fully saturated rings. The summed E-state index contributed by atoms with van der Waals surface area (Å²) in [5.41, 5.74) is 0.900. The molecular weight excluding hydrogens is 394 g/mol. The van der Waals surface area contributed by atoms with E-state index in [1.807, 2.05) is 20.8 Å². The van der Waals surface area contributed by atoms with E-state index in [0.29, 0.717) is 17.0 Å². The average molecular weight is 417 g/mol.